The number of hydrogen-bond acceptors (Lipinski definition) is 6. The Kier molecular flexibility index (Phi) is 5.45. The van der Waals surface area contributed by atoms with Gasteiger partial charge in [-0.2, -0.15) is 5.10 Å². The summed E-state index contributed by atoms with van der Waals surface area (Å²) >= 11 is 0. The number of nitrogens with zero attached hydrogens (tertiary/aromatic N) is 3. The number of ether oxygens (including phenoxy) is 1. The van der Waals surface area contributed by atoms with Crippen molar-refractivity contribution in [2.24, 2.45) is 5.16 Å². The molecule has 156 valence electrons. The quantitative estimate of drug-likeness (QED) is 0.501. The molecule has 0 saturated heterocycles. The van der Waals surface area contributed by atoms with Crippen LogP contribution in [0.2, 0.25) is 0 Å². The van der Waals surface area contributed by atoms with E-state index < -0.39 is 29.2 Å². The van der Waals surface area contributed by atoms with E-state index in [1.165, 1.54) is 25.3 Å². The van der Waals surface area contributed by atoms with Crippen molar-refractivity contribution in [1.29, 1.82) is 0 Å². The zero-order valence-electron chi connectivity index (χ0n) is 15.6. The van der Waals surface area contributed by atoms with Crippen LogP contribution in [0.3, 0.4) is 0 Å². The van der Waals surface area contributed by atoms with Gasteiger partial charge in [0, 0.05) is 5.56 Å². The standard InChI is InChI=1S/C19H14F3N3O5/c1-10(24-29-2)13-4-3-5-14-15(13)17(26)16(18(27)28)23-25(14)11-6-8-12(9-7-11)30-19(20,21)22/h3-9H,1-2H3,(H,27,28)/b24-10+. The molecule has 11 heteroatoms. The number of fused-ring (bicyclic) bond motifs is 1. The molecule has 0 saturated carbocycles. The second kappa shape index (κ2) is 7.85. The number of hydrogen-bond donors (Lipinski definition) is 1. The fourth-order valence-corrected chi connectivity index (χ4v) is 2.89. The smallest absolute Gasteiger partial charge is 0.476 e. The fraction of sp³-hybridized carbons (Fsp3) is 0.158. The molecule has 0 bridgehead atoms. The topological polar surface area (TPSA) is 103 Å². The number of halogens is 3. The minimum Gasteiger partial charge on any atom is -0.476 e. The molecule has 1 N–H and O–H groups in total. The summed E-state index contributed by atoms with van der Waals surface area (Å²) in [5.74, 6) is -2.01. The van der Waals surface area contributed by atoms with E-state index >= 15 is 0 Å². The Morgan fingerprint density at radius 3 is 2.40 bits per heavy atom. The summed E-state index contributed by atoms with van der Waals surface area (Å²) in [6.07, 6.45) is -4.85. The first-order chi connectivity index (χ1) is 14.1. The predicted octanol–water partition coefficient (Wildman–Crippen LogP) is 3.35. The molecule has 1 aromatic heterocycles. The van der Waals surface area contributed by atoms with E-state index in [0.717, 1.165) is 16.8 Å². The number of carboxylic acid groups (broad SMARTS) is 1. The second-order valence-corrected chi connectivity index (χ2v) is 6.00. The molecule has 0 radical (unpaired) electrons. The molecule has 0 aliphatic rings. The van der Waals surface area contributed by atoms with E-state index in [-0.39, 0.29) is 16.6 Å². The summed E-state index contributed by atoms with van der Waals surface area (Å²) in [4.78, 5) is 29.1. The molecule has 0 fully saturated rings. The van der Waals surface area contributed by atoms with Gasteiger partial charge >= 0.3 is 12.3 Å². The highest BCUT2D eigenvalue weighted by Crippen LogP contribution is 2.25. The maximum Gasteiger partial charge on any atom is 0.573 e. The number of oxime groups is 1. The van der Waals surface area contributed by atoms with Gasteiger partial charge in [0.05, 0.1) is 22.3 Å². The Labute approximate surface area is 166 Å². The van der Waals surface area contributed by atoms with Crippen LogP contribution >= 0.6 is 0 Å². The summed E-state index contributed by atoms with van der Waals surface area (Å²) in [5.41, 5.74) is -0.478. The highest BCUT2D eigenvalue weighted by atomic mass is 19.4. The zero-order valence-corrected chi connectivity index (χ0v) is 15.6. The number of aromatic nitrogens is 2. The highest BCUT2D eigenvalue weighted by molar-refractivity contribution is 6.09. The van der Waals surface area contributed by atoms with Crippen LogP contribution in [0, 0.1) is 0 Å². The largest absolute Gasteiger partial charge is 0.573 e. The molecule has 1 heterocycles. The summed E-state index contributed by atoms with van der Waals surface area (Å²) in [6.45, 7) is 1.58. The molecule has 0 atom stereocenters. The van der Waals surface area contributed by atoms with Crippen molar-refractivity contribution in [1.82, 2.24) is 9.78 Å². The van der Waals surface area contributed by atoms with Crippen molar-refractivity contribution in [3.63, 3.8) is 0 Å². The van der Waals surface area contributed by atoms with Gasteiger partial charge in [0.1, 0.15) is 12.9 Å². The lowest BCUT2D eigenvalue weighted by Gasteiger charge is -2.14. The summed E-state index contributed by atoms with van der Waals surface area (Å²) in [6, 6.07) is 9.31. The Hall–Kier alpha value is -3.89. The van der Waals surface area contributed by atoms with Gasteiger partial charge in [0.15, 0.2) is 0 Å². The molecule has 0 aliphatic carbocycles. The summed E-state index contributed by atoms with van der Waals surface area (Å²) in [5, 5.41) is 17.1. The highest BCUT2D eigenvalue weighted by Gasteiger charge is 2.31. The Morgan fingerprint density at radius 2 is 1.83 bits per heavy atom. The Balaban J connectivity index is 2.29. The van der Waals surface area contributed by atoms with Crippen LogP contribution in [0.1, 0.15) is 23.0 Å². The number of alkyl halides is 3. The number of rotatable bonds is 5. The molecule has 8 nitrogen and oxygen atoms in total. The molecule has 30 heavy (non-hydrogen) atoms. The van der Waals surface area contributed by atoms with E-state index in [9.17, 15) is 27.9 Å². The van der Waals surface area contributed by atoms with Crippen LogP contribution in [-0.4, -0.2) is 40.0 Å². The van der Waals surface area contributed by atoms with Gasteiger partial charge in [0.2, 0.25) is 11.1 Å². The number of carboxylic acids is 1. The summed E-state index contributed by atoms with van der Waals surface area (Å²) < 4.78 is 42.1. The van der Waals surface area contributed by atoms with E-state index in [2.05, 4.69) is 15.0 Å². The molecule has 0 unspecified atom stereocenters. The molecule has 0 amide bonds. The lowest BCUT2D eigenvalue weighted by atomic mass is 10.0. The van der Waals surface area contributed by atoms with Crippen molar-refractivity contribution in [2.75, 3.05) is 7.11 Å². The number of benzene rings is 2. The Morgan fingerprint density at radius 1 is 1.17 bits per heavy atom. The average molecular weight is 421 g/mol. The first kappa shape index (κ1) is 20.8. The van der Waals surface area contributed by atoms with Crippen molar-refractivity contribution >= 4 is 22.6 Å². The van der Waals surface area contributed by atoms with Crippen molar-refractivity contribution in [3.05, 3.63) is 63.9 Å². The average Bonchev–Trinajstić information content (AvgIpc) is 2.67. The number of aromatic carboxylic acids is 1. The van der Waals surface area contributed by atoms with Crippen molar-refractivity contribution in [2.45, 2.75) is 13.3 Å². The third kappa shape index (κ3) is 4.09. The van der Waals surface area contributed by atoms with Crippen LogP contribution in [0.25, 0.3) is 16.6 Å². The van der Waals surface area contributed by atoms with E-state index in [1.54, 1.807) is 19.1 Å². The van der Waals surface area contributed by atoms with E-state index in [1.807, 2.05) is 0 Å². The molecule has 0 spiro atoms. The van der Waals surface area contributed by atoms with Gasteiger partial charge in [-0.15, -0.1) is 13.2 Å². The van der Waals surface area contributed by atoms with Gasteiger partial charge in [-0.05, 0) is 37.3 Å². The molecule has 3 aromatic rings. The molecular formula is C19H14F3N3O5. The maximum atomic E-state index is 12.8. The third-order valence-electron chi connectivity index (χ3n) is 4.05. The van der Waals surface area contributed by atoms with Crippen LogP contribution in [0.15, 0.2) is 52.4 Å². The molecule has 3 rings (SSSR count). The van der Waals surface area contributed by atoms with Crippen LogP contribution in [0.4, 0.5) is 13.2 Å². The first-order valence-electron chi connectivity index (χ1n) is 8.36. The molecule has 0 aliphatic heterocycles. The van der Waals surface area contributed by atoms with E-state index in [4.69, 9.17) is 4.84 Å². The SMILES string of the molecule is CO/N=C(\C)c1cccc2c1c(=O)c(C(=O)O)nn2-c1ccc(OC(F)(F)F)cc1. The normalized spacial score (nSPS) is 12.1. The van der Waals surface area contributed by atoms with Crippen LogP contribution in [0.5, 0.6) is 5.75 Å². The lowest BCUT2D eigenvalue weighted by molar-refractivity contribution is -0.274. The van der Waals surface area contributed by atoms with Crippen molar-refractivity contribution < 1.29 is 32.6 Å². The zero-order chi connectivity index (χ0) is 22.1. The van der Waals surface area contributed by atoms with Gasteiger partial charge in [-0.25, -0.2) is 9.48 Å². The minimum atomic E-state index is -4.85. The minimum absolute atomic E-state index is 0.0267. The van der Waals surface area contributed by atoms with Gasteiger partial charge in [-0.1, -0.05) is 17.3 Å². The second-order valence-electron chi connectivity index (χ2n) is 6.00. The van der Waals surface area contributed by atoms with Crippen LogP contribution < -0.4 is 10.2 Å². The lowest BCUT2D eigenvalue weighted by Crippen LogP contribution is -2.24. The molecule has 2 aromatic carbocycles. The third-order valence-corrected chi connectivity index (χ3v) is 4.05. The summed E-state index contributed by atoms with van der Waals surface area (Å²) in [7, 11) is 1.32. The fourth-order valence-electron chi connectivity index (χ4n) is 2.89. The van der Waals surface area contributed by atoms with Gasteiger partial charge in [0.25, 0.3) is 0 Å². The first-order valence-corrected chi connectivity index (χ1v) is 8.36. The van der Waals surface area contributed by atoms with Crippen molar-refractivity contribution in [3.8, 4) is 11.4 Å². The monoisotopic (exact) mass is 421 g/mol. The Bertz CT molecular complexity index is 1200. The molecular weight excluding hydrogens is 407 g/mol. The van der Waals surface area contributed by atoms with Crippen LogP contribution in [-0.2, 0) is 4.84 Å². The number of carbonyl (C=O) groups is 1. The maximum absolute atomic E-state index is 12.8. The predicted molar refractivity (Wildman–Crippen MR) is 100 cm³/mol. The van der Waals surface area contributed by atoms with E-state index in [0.29, 0.717) is 11.3 Å². The van der Waals surface area contributed by atoms with Gasteiger partial charge < -0.3 is 14.7 Å². The van der Waals surface area contributed by atoms with Gasteiger partial charge in [-0.3, -0.25) is 4.79 Å².